The van der Waals surface area contributed by atoms with E-state index in [1.165, 1.54) is 11.1 Å². The lowest BCUT2D eigenvalue weighted by atomic mass is 9.85. The fourth-order valence-corrected chi connectivity index (χ4v) is 5.10. The second-order valence-electron chi connectivity index (χ2n) is 12.7. The first-order valence-electron chi connectivity index (χ1n) is 14.1. The molecule has 0 saturated carbocycles. The molecule has 3 aliphatic rings. The molecule has 2 N–H and O–H groups in total. The van der Waals surface area contributed by atoms with Crippen molar-refractivity contribution < 1.29 is 24.2 Å². The van der Waals surface area contributed by atoms with E-state index in [9.17, 15) is 14.7 Å². The van der Waals surface area contributed by atoms with Crippen LogP contribution in [0, 0.1) is 10.8 Å². The largest absolute Gasteiger partial charge is 0.444 e. The van der Waals surface area contributed by atoms with E-state index in [4.69, 9.17) is 9.47 Å². The summed E-state index contributed by atoms with van der Waals surface area (Å²) in [5.74, 6) is -0.135. The molecule has 4 atom stereocenters. The maximum Gasteiger partial charge on any atom is 0.410 e. The lowest BCUT2D eigenvalue weighted by Gasteiger charge is -2.36. The van der Waals surface area contributed by atoms with Crippen molar-refractivity contribution in [3.63, 3.8) is 0 Å². The summed E-state index contributed by atoms with van der Waals surface area (Å²) in [6.45, 7) is 22.7. The van der Waals surface area contributed by atoms with E-state index in [0.29, 0.717) is 32.7 Å². The minimum Gasteiger partial charge on any atom is -0.444 e. The summed E-state index contributed by atoms with van der Waals surface area (Å²) < 4.78 is 11.5. The number of hydrogen-bond donors (Lipinski definition) is 2. The number of ether oxygens (including phenoxy) is 2. The second-order valence-corrected chi connectivity index (χ2v) is 12.7. The SMILES string of the molecule is C=CC.C=CCC(C)(C)COC(O)N[C@H](C(=O)N1C[C@H](OC(=O)N2CC3=CCCC=C3C2)CC1C)C(C)(C)C. The van der Waals surface area contributed by atoms with Crippen LogP contribution < -0.4 is 5.32 Å². The summed E-state index contributed by atoms with van der Waals surface area (Å²) in [7, 11) is 0. The predicted octanol–water partition coefficient (Wildman–Crippen LogP) is 5.17. The molecule has 0 aromatic heterocycles. The molecule has 2 aliphatic heterocycles. The zero-order valence-electron chi connectivity index (χ0n) is 25.2. The number of likely N-dealkylation sites (tertiary alicyclic amines) is 2. The smallest absolute Gasteiger partial charge is 0.410 e. The van der Waals surface area contributed by atoms with E-state index in [-0.39, 0.29) is 29.6 Å². The summed E-state index contributed by atoms with van der Waals surface area (Å²) in [5.41, 5.74) is 1.80. The van der Waals surface area contributed by atoms with E-state index in [1.54, 1.807) is 15.9 Å². The van der Waals surface area contributed by atoms with Gasteiger partial charge in [-0.3, -0.25) is 15.0 Å². The van der Waals surface area contributed by atoms with E-state index in [1.807, 2.05) is 54.5 Å². The number of carbonyl (C=O) groups is 2. The summed E-state index contributed by atoms with van der Waals surface area (Å²) in [5, 5.41) is 13.5. The van der Waals surface area contributed by atoms with Crippen molar-refractivity contribution >= 4 is 12.0 Å². The Morgan fingerprint density at radius 3 is 2.23 bits per heavy atom. The maximum atomic E-state index is 13.6. The Kier molecular flexibility index (Phi) is 12.0. The molecule has 0 radical (unpaired) electrons. The Bertz CT molecular complexity index is 911. The highest BCUT2D eigenvalue weighted by molar-refractivity contribution is 5.83. The van der Waals surface area contributed by atoms with Gasteiger partial charge in [-0.2, -0.15) is 0 Å². The third-order valence-corrected chi connectivity index (χ3v) is 7.18. The van der Waals surface area contributed by atoms with E-state index < -0.39 is 17.9 Å². The molecule has 39 heavy (non-hydrogen) atoms. The molecule has 8 nitrogen and oxygen atoms in total. The molecular weight excluding hydrogens is 494 g/mol. The number of allylic oxidation sites excluding steroid dienone is 4. The van der Waals surface area contributed by atoms with Gasteiger partial charge in [0.2, 0.25) is 12.3 Å². The van der Waals surface area contributed by atoms with Gasteiger partial charge in [-0.15, -0.1) is 13.2 Å². The monoisotopic (exact) mass is 545 g/mol. The van der Waals surface area contributed by atoms with Crippen LogP contribution >= 0.6 is 0 Å². The lowest BCUT2D eigenvalue weighted by molar-refractivity contribution is -0.161. The van der Waals surface area contributed by atoms with Gasteiger partial charge in [0, 0.05) is 25.6 Å². The molecule has 0 aromatic carbocycles. The van der Waals surface area contributed by atoms with Crippen molar-refractivity contribution in [3.8, 4) is 0 Å². The van der Waals surface area contributed by atoms with Gasteiger partial charge >= 0.3 is 6.09 Å². The normalized spacial score (nSPS) is 22.6. The van der Waals surface area contributed by atoms with Crippen LogP contribution in [0.25, 0.3) is 0 Å². The number of amides is 2. The summed E-state index contributed by atoms with van der Waals surface area (Å²) in [6.07, 6.45) is 9.41. The van der Waals surface area contributed by atoms with Gasteiger partial charge in [0.25, 0.3) is 0 Å². The molecule has 2 unspecified atom stereocenters. The van der Waals surface area contributed by atoms with E-state index in [2.05, 4.69) is 30.6 Å². The van der Waals surface area contributed by atoms with Crippen LogP contribution in [0.2, 0.25) is 0 Å². The van der Waals surface area contributed by atoms with Crippen molar-refractivity contribution in [2.75, 3.05) is 26.2 Å². The van der Waals surface area contributed by atoms with E-state index in [0.717, 1.165) is 19.3 Å². The Morgan fingerprint density at radius 2 is 1.72 bits per heavy atom. The average Bonchev–Trinajstić information content (AvgIpc) is 3.44. The second kappa shape index (κ2) is 14.3. The fourth-order valence-electron chi connectivity index (χ4n) is 5.10. The molecule has 8 heteroatoms. The van der Waals surface area contributed by atoms with Crippen LogP contribution in [-0.2, 0) is 14.3 Å². The number of hydrogen-bond acceptors (Lipinski definition) is 6. The van der Waals surface area contributed by atoms with Gasteiger partial charge in [-0.25, -0.2) is 4.79 Å². The highest BCUT2D eigenvalue weighted by Crippen LogP contribution is 2.30. The minimum absolute atomic E-state index is 0.0851. The first kappa shape index (κ1) is 32.8. The van der Waals surface area contributed by atoms with Crippen molar-refractivity contribution in [1.82, 2.24) is 15.1 Å². The number of fused-ring (bicyclic) bond motifs is 1. The molecule has 3 rings (SSSR count). The fraction of sp³-hybridized carbons (Fsp3) is 0.677. The number of rotatable bonds is 9. The number of nitrogens with one attached hydrogen (secondary N) is 1. The molecule has 2 fully saturated rings. The molecule has 2 saturated heterocycles. The van der Waals surface area contributed by atoms with Crippen molar-refractivity contribution in [1.29, 1.82) is 0 Å². The Labute approximate surface area is 235 Å². The van der Waals surface area contributed by atoms with Crippen LogP contribution in [0.4, 0.5) is 4.79 Å². The zero-order valence-corrected chi connectivity index (χ0v) is 25.2. The summed E-state index contributed by atoms with van der Waals surface area (Å²) in [6, 6.07) is -0.759. The molecule has 220 valence electrons. The van der Waals surface area contributed by atoms with Gasteiger partial charge < -0.3 is 19.5 Å². The lowest BCUT2D eigenvalue weighted by Crippen LogP contribution is -2.57. The van der Waals surface area contributed by atoms with Gasteiger partial charge in [-0.1, -0.05) is 58.9 Å². The molecule has 2 amide bonds. The third kappa shape index (κ3) is 9.62. The predicted molar refractivity (Wildman–Crippen MR) is 156 cm³/mol. The average molecular weight is 546 g/mol. The Hall–Kier alpha value is -2.42. The molecule has 2 heterocycles. The van der Waals surface area contributed by atoms with Crippen LogP contribution in [0.3, 0.4) is 0 Å². The van der Waals surface area contributed by atoms with Crippen molar-refractivity contribution in [2.45, 2.75) is 98.8 Å². The van der Waals surface area contributed by atoms with Gasteiger partial charge in [0.05, 0.1) is 19.2 Å². The van der Waals surface area contributed by atoms with Crippen molar-refractivity contribution in [2.24, 2.45) is 10.8 Å². The highest BCUT2D eigenvalue weighted by atomic mass is 16.6. The molecule has 1 aliphatic carbocycles. The third-order valence-electron chi connectivity index (χ3n) is 7.18. The van der Waals surface area contributed by atoms with E-state index >= 15 is 0 Å². The molecule has 0 spiro atoms. The quantitative estimate of drug-likeness (QED) is 0.307. The topological polar surface area (TPSA) is 91.3 Å². The van der Waals surface area contributed by atoms with Crippen LogP contribution in [-0.4, -0.2) is 77.7 Å². The maximum absolute atomic E-state index is 13.6. The highest BCUT2D eigenvalue weighted by Gasteiger charge is 2.42. The zero-order chi connectivity index (χ0) is 29.4. The van der Waals surface area contributed by atoms with Gasteiger partial charge in [0.15, 0.2) is 0 Å². The summed E-state index contributed by atoms with van der Waals surface area (Å²) >= 11 is 0. The first-order valence-corrected chi connectivity index (χ1v) is 14.1. The number of aliphatic hydroxyl groups is 1. The Balaban J connectivity index is 0.00000170. The minimum atomic E-state index is -1.28. The number of aliphatic hydroxyl groups excluding tert-OH is 1. The molecule has 0 aromatic rings. The van der Waals surface area contributed by atoms with Crippen LogP contribution in [0.5, 0.6) is 0 Å². The first-order chi connectivity index (χ1) is 18.2. The van der Waals surface area contributed by atoms with Gasteiger partial charge in [-0.05, 0) is 55.1 Å². The molecule has 0 bridgehead atoms. The van der Waals surface area contributed by atoms with Crippen molar-refractivity contribution in [3.05, 3.63) is 48.6 Å². The number of nitrogens with zero attached hydrogens (tertiary/aromatic N) is 2. The van der Waals surface area contributed by atoms with Crippen LogP contribution in [0.1, 0.15) is 74.1 Å². The molecular formula is C31H51N3O5. The van der Waals surface area contributed by atoms with Gasteiger partial charge in [0.1, 0.15) is 6.10 Å². The van der Waals surface area contributed by atoms with Crippen LogP contribution in [0.15, 0.2) is 48.6 Å². The number of carbonyl (C=O) groups excluding carboxylic acids is 2. The summed E-state index contributed by atoms with van der Waals surface area (Å²) in [4.78, 5) is 30.0. The standard InChI is InChI=1S/C28H45N3O5.C3H6/c1-8-13-28(6,7)18-35-25(33)29-23(27(3,4)5)24(32)31-17-22(14-19(31)2)36-26(34)30-15-20-11-9-10-12-21(20)16-30;1-3-2/h8,11-12,19,22-23,25,29,33H,1,9-10,13-18H2,2-7H3;3H,1H2,2H3/t19?,22-,23-,25?;/m1./s1. The Morgan fingerprint density at radius 1 is 1.15 bits per heavy atom.